The molecule has 0 aliphatic rings. The Balaban J connectivity index is 0. The Morgan fingerprint density at radius 3 is 2.09 bits per heavy atom. The van der Waals surface area contributed by atoms with Gasteiger partial charge >= 0.3 is 29.6 Å². The van der Waals surface area contributed by atoms with Crippen LogP contribution >= 0.6 is 0 Å². The fourth-order valence-electron chi connectivity index (χ4n) is 0.706. The molecular weight excluding hydrogens is 175 g/mol. The predicted molar refractivity (Wildman–Crippen MR) is 38.7 cm³/mol. The molecule has 0 amide bonds. The Morgan fingerprint density at radius 2 is 1.73 bits per heavy atom. The molecule has 0 radical (unpaired) electrons. The first kappa shape index (κ1) is 14.4. The summed E-state index contributed by atoms with van der Waals surface area (Å²) in [4.78, 5) is 0. The van der Waals surface area contributed by atoms with Crippen LogP contribution in [-0.4, -0.2) is 18.7 Å². The van der Waals surface area contributed by atoms with Gasteiger partial charge in [-0.05, 0) is 6.42 Å². The maximum atomic E-state index is 10.0. The SMILES string of the molecule is CCCCCCS(=O)(=O)[O-].[Na+]. The van der Waals surface area contributed by atoms with Crippen molar-refractivity contribution in [2.45, 2.75) is 32.6 Å². The molecule has 0 aromatic rings. The standard InChI is InChI=1S/C6H14O3S.Na/c1-2-3-4-5-6-10(7,8)9;/h2-6H2,1H3,(H,7,8,9);/q;+1/p-1. The van der Waals surface area contributed by atoms with Crippen molar-refractivity contribution in [3.63, 3.8) is 0 Å². The van der Waals surface area contributed by atoms with E-state index in [2.05, 4.69) is 0 Å². The second kappa shape index (κ2) is 7.55. The molecule has 0 aliphatic carbocycles. The summed E-state index contributed by atoms with van der Waals surface area (Å²) in [5, 5.41) is 0. The topological polar surface area (TPSA) is 57.2 Å². The fraction of sp³-hybridized carbons (Fsp3) is 1.00. The van der Waals surface area contributed by atoms with Crippen molar-refractivity contribution in [3.8, 4) is 0 Å². The zero-order valence-corrected chi connectivity index (χ0v) is 9.99. The van der Waals surface area contributed by atoms with Crippen molar-refractivity contribution in [1.82, 2.24) is 0 Å². The van der Waals surface area contributed by atoms with E-state index in [0.29, 0.717) is 6.42 Å². The molecular formula is C6H13NaO3S. The van der Waals surface area contributed by atoms with Gasteiger partial charge < -0.3 is 4.55 Å². The van der Waals surface area contributed by atoms with Gasteiger partial charge in [-0.3, -0.25) is 0 Å². The van der Waals surface area contributed by atoms with Crippen LogP contribution in [0.5, 0.6) is 0 Å². The molecule has 62 valence electrons. The van der Waals surface area contributed by atoms with Gasteiger partial charge in [0.25, 0.3) is 0 Å². The molecule has 0 spiro atoms. The second-order valence-corrected chi connectivity index (χ2v) is 3.85. The zero-order chi connectivity index (χ0) is 8.04. The average molecular weight is 188 g/mol. The Morgan fingerprint density at radius 1 is 1.18 bits per heavy atom. The molecule has 0 aromatic heterocycles. The summed E-state index contributed by atoms with van der Waals surface area (Å²) in [7, 11) is -3.95. The number of hydrogen-bond acceptors (Lipinski definition) is 3. The van der Waals surface area contributed by atoms with Crippen LogP contribution in [0.3, 0.4) is 0 Å². The molecule has 0 saturated carbocycles. The minimum absolute atomic E-state index is 0. The van der Waals surface area contributed by atoms with E-state index in [4.69, 9.17) is 0 Å². The molecule has 0 saturated heterocycles. The van der Waals surface area contributed by atoms with Crippen molar-refractivity contribution >= 4 is 10.1 Å². The summed E-state index contributed by atoms with van der Waals surface area (Å²) in [5.74, 6) is -0.201. The summed E-state index contributed by atoms with van der Waals surface area (Å²) >= 11 is 0. The van der Waals surface area contributed by atoms with E-state index >= 15 is 0 Å². The van der Waals surface area contributed by atoms with Crippen molar-refractivity contribution in [1.29, 1.82) is 0 Å². The molecule has 0 aliphatic heterocycles. The molecule has 3 nitrogen and oxygen atoms in total. The maximum absolute atomic E-state index is 10.0. The van der Waals surface area contributed by atoms with E-state index in [1.165, 1.54) is 0 Å². The van der Waals surface area contributed by atoms with Gasteiger partial charge in [0.1, 0.15) is 0 Å². The average Bonchev–Trinajstić information content (AvgIpc) is 1.78. The molecule has 11 heavy (non-hydrogen) atoms. The Kier molecular flexibility index (Phi) is 9.91. The first-order chi connectivity index (χ1) is 4.56. The van der Waals surface area contributed by atoms with E-state index in [1.807, 2.05) is 6.92 Å². The van der Waals surface area contributed by atoms with Crippen molar-refractivity contribution in [2.24, 2.45) is 0 Å². The summed E-state index contributed by atoms with van der Waals surface area (Å²) in [6.45, 7) is 2.03. The normalized spacial score (nSPS) is 10.7. The van der Waals surface area contributed by atoms with Gasteiger partial charge in [0.05, 0.1) is 10.1 Å². The minimum atomic E-state index is -3.95. The maximum Gasteiger partial charge on any atom is 1.00 e. The molecule has 0 heterocycles. The Bertz CT molecular complexity index is 165. The van der Waals surface area contributed by atoms with Crippen LogP contribution in [0.15, 0.2) is 0 Å². The third-order valence-electron chi connectivity index (χ3n) is 1.25. The van der Waals surface area contributed by atoms with Gasteiger partial charge in [-0.1, -0.05) is 26.2 Å². The molecule has 0 aromatic carbocycles. The monoisotopic (exact) mass is 188 g/mol. The summed E-state index contributed by atoms with van der Waals surface area (Å²) in [6.07, 6.45) is 3.42. The quantitative estimate of drug-likeness (QED) is 0.288. The fourth-order valence-corrected chi connectivity index (χ4v) is 1.26. The van der Waals surface area contributed by atoms with Crippen LogP contribution in [0.2, 0.25) is 0 Å². The third kappa shape index (κ3) is 13.8. The molecule has 0 N–H and O–H groups in total. The van der Waals surface area contributed by atoms with E-state index in [-0.39, 0.29) is 35.3 Å². The Hall–Kier alpha value is 0.910. The van der Waals surface area contributed by atoms with Gasteiger partial charge in [-0.25, -0.2) is 8.42 Å². The van der Waals surface area contributed by atoms with E-state index in [0.717, 1.165) is 19.3 Å². The summed E-state index contributed by atoms with van der Waals surface area (Å²) in [5.41, 5.74) is 0. The van der Waals surface area contributed by atoms with E-state index in [9.17, 15) is 13.0 Å². The summed E-state index contributed by atoms with van der Waals surface area (Å²) < 4.78 is 30.1. The van der Waals surface area contributed by atoms with Crippen LogP contribution in [0.25, 0.3) is 0 Å². The molecule has 0 rings (SSSR count). The first-order valence-corrected chi connectivity index (χ1v) is 5.07. The predicted octanol–water partition coefficient (Wildman–Crippen LogP) is -1.88. The third-order valence-corrected chi connectivity index (χ3v) is 2.04. The van der Waals surface area contributed by atoms with Crippen LogP contribution in [-0.2, 0) is 10.1 Å². The summed E-state index contributed by atoms with van der Waals surface area (Å²) in [6, 6.07) is 0. The molecule has 0 unspecified atom stereocenters. The molecule has 0 fully saturated rings. The molecule has 0 bridgehead atoms. The smallest absolute Gasteiger partial charge is 0.748 e. The van der Waals surface area contributed by atoms with Gasteiger partial charge in [-0.2, -0.15) is 0 Å². The van der Waals surface area contributed by atoms with Crippen LogP contribution in [0.4, 0.5) is 0 Å². The van der Waals surface area contributed by atoms with Crippen LogP contribution in [0, 0.1) is 0 Å². The van der Waals surface area contributed by atoms with Crippen molar-refractivity contribution < 1.29 is 42.5 Å². The molecule has 0 atom stereocenters. The van der Waals surface area contributed by atoms with Crippen LogP contribution < -0.4 is 29.6 Å². The van der Waals surface area contributed by atoms with Gasteiger partial charge in [0.2, 0.25) is 0 Å². The van der Waals surface area contributed by atoms with Gasteiger partial charge in [0, 0.05) is 5.75 Å². The van der Waals surface area contributed by atoms with Crippen molar-refractivity contribution in [3.05, 3.63) is 0 Å². The van der Waals surface area contributed by atoms with E-state index in [1.54, 1.807) is 0 Å². The van der Waals surface area contributed by atoms with Gasteiger partial charge in [-0.15, -0.1) is 0 Å². The minimum Gasteiger partial charge on any atom is -0.748 e. The van der Waals surface area contributed by atoms with E-state index < -0.39 is 10.1 Å². The van der Waals surface area contributed by atoms with Gasteiger partial charge in [0.15, 0.2) is 0 Å². The largest absolute Gasteiger partial charge is 1.00 e. The number of hydrogen-bond donors (Lipinski definition) is 0. The van der Waals surface area contributed by atoms with Crippen molar-refractivity contribution in [2.75, 3.05) is 5.75 Å². The zero-order valence-electron chi connectivity index (χ0n) is 7.17. The number of unbranched alkanes of at least 4 members (excludes halogenated alkanes) is 3. The Labute approximate surface area is 90.6 Å². The first-order valence-electron chi connectivity index (χ1n) is 3.50. The molecule has 5 heteroatoms. The van der Waals surface area contributed by atoms with Crippen LogP contribution in [0.1, 0.15) is 32.6 Å². The second-order valence-electron chi connectivity index (χ2n) is 2.32. The number of rotatable bonds is 5.